The summed E-state index contributed by atoms with van der Waals surface area (Å²) in [7, 11) is 0. The molecule has 0 spiro atoms. The average Bonchev–Trinajstić information content (AvgIpc) is 2.38. The number of hydrogen-bond acceptors (Lipinski definition) is 4. The van der Waals surface area contributed by atoms with Gasteiger partial charge in [-0.05, 0) is 33.6 Å². The van der Waals surface area contributed by atoms with Gasteiger partial charge in [-0.3, -0.25) is 9.59 Å². The van der Waals surface area contributed by atoms with E-state index in [2.05, 4.69) is 10.6 Å². The Hall–Kier alpha value is -1.79. The number of carboxylic acid groups (broad SMARTS) is 1. The molecule has 0 atom stereocenters. The molecule has 0 aromatic carbocycles. The van der Waals surface area contributed by atoms with Gasteiger partial charge in [-0.1, -0.05) is 13.8 Å². The van der Waals surface area contributed by atoms with Crippen molar-refractivity contribution in [2.45, 2.75) is 59.5 Å². The van der Waals surface area contributed by atoms with Gasteiger partial charge in [0.1, 0.15) is 5.60 Å². The molecule has 0 aliphatic carbocycles. The van der Waals surface area contributed by atoms with Gasteiger partial charge in [0.2, 0.25) is 5.91 Å². The van der Waals surface area contributed by atoms with Gasteiger partial charge in [-0.2, -0.15) is 0 Å². The van der Waals surface area contributed by atoms with Gasteiger partial charge in [0.25, 0.3) is 0 Å². The first-order valence-electron chi connectivity index (χ1n) is 7.53. The first kappa shape index (κ1) is 20.2. The lowest BCUT2D eigenvalue weighted by molar-refractivity contribution is -0.152. The smallest absolute Gasteiger partial charge is 0.407 e. The van der Waals surface area contributed by atoms with E-state index in [0.29, 0.717) is 12.8 Å². The van der Waals surface area contributed by atoms with Gasteiger partial charge < -0.3 is 20.5 Å². The molecule has 0 radical (unpaired) electrons. The number of amides is 2. The van der Waals surface area contributed by atoms with E-state index in [0.717, 1.165) is 0 Å². The fourth-order valence-corrected chi connectivity index (χ4v) is 1.93. The second kappa shape index (κ2) is 8.60. The van der Waals surface area contributed by atoms with Crippen molar-refractivity contribution in [1.29, 1.82) is 0 Å². The Bertz CT molecular complexity index is 397. The summed E-state index contributed by atoms with van der Waals surface area (Å²) in [4.78, 5) is 34.5. The lowest BCUT2D eigenvalue weighted by atomic mass is 9.79. The third-order valence-electron chi connectivity index (χ3n) is 3.42. The summed E-state index contributed by atoms with van der Waals surface area (Å²) in [6.07, 6.45) is 0.163. The molecule has 0 saturated carbocycles. The zero-order valence-corrected chi connectivity index (χ0v) is 14.1. The summed E-state index contributed by atoms with van der Waals surface area (Å²) < 4.78 is 5.05. The highest BCUT2D eigenvalue weighted by Gasteiger charge is 2.36. The number of carboxylic acids is 1. The Morgan fingerprint density at radius 1 is 1.00 bits per heavy atom. The van der Waals surface area contributed by atoms with E-state index in [4.69, 9.17) is 4.74 Å². The molecule has 0 saturated heterocycles. The summed E-state index contributed by atoms with van der Waals surface area (Å²) in [6.45, 7) is 9.24. The van der Waals surface area contributed by atoms with Crippen molar-refractivity contribution >= 4 is 18.0 Å². The van der Waals surface area contributed by atoms with Crippen LogP contribution >= 0.6 is 0 Å². The predicted molar refractivity (Wildman–Crippen MR) is 82.5 cm³/mol. The number of nitrogens with one attached hydrogen (secondary N) is 2. The number of ether oxygens (including phenoxy) is 1. The second-order valence-electron chi connectivity index (χ2n) is 6.25. The number of alkyl carbamates (subject to hydrolysis) is 1. The molecule has 7 heteroatoms. The van der Waals surface area contributed by atoms with Crippen LogP contribution in [0.25, 0.3) is 0 Å². The van der Waals surface area contributed by atoms with Gasteiger partial charge in [-0.15, -0.1) is 0 Å². The maximum Gasteiger partial charge on any atom is 0.407 e. The molecule has 0 aliphatic rings. The molecule has 0 heterocycles. The summed E-state index contributed by atoms with van der Waals surface area (Å²) >= 11 is 0. The molecule has 128 valence electrons. The Morgan fingerprint density at radius 2 is 1.50 bits per heavy atom. The number of hydrogen-bond donors (Lipinski definition) is 3. The monoisotopic (exact) mass is 316 g/mol. The van der Waals surface area contributed by atoms with Crippen molar-refractivity contribution in [3.8, 4) is 0 Å². The molecule has 0 aliphatic heterocycles. The summed E-state index contributed by atoms with van der Waals surface area (Å²) in [5, 5.41) is 14.4. The van der Waals surface area contributed by atoms with E-state index in [9.17, 15) is 19.5 Å². The summed E-state index contributed by atoms with van der Waals surface area (Å²) in [5.74, 6) is -1.29. The minimum Gasteiger partial charge on any atom is -0.481 e. The van der Waals surface area contributed by atoms with E-state index >= 15 is 0 Å². The zero-order valence-electron chi connectivity index (χ0n) is 14.1. The van der Waals surface area contributed by atoms with Crippen molar-refractivity contribution in [2.24, 2.45) is 5.41 Å². The Balaban J connectivity index is 4.15. The highest BCUT2D eigenvalue weighted by Crippen LogP contribution is 2.30. The van der Waals surface area contributed by atoms with E-state index in [1.165, 1.54) is 0 Å². The van der Waals surface area contributed by atoms with E-state index in [-0.39, 0.29) is 25.4 Å². The molecule has 2 amide bonds. The number of carbonyl (C=O) groups excluding carboxylic acids is 2. The molecule has 7 nitrogen and oxygen atoms in total. The van der Waals surface area contributed by atoms with Crippen LogP contribution < -0.4 is 10.6 Å². The molecule has 0 aromatic heterocycles. The Kier molecular flexibility index (Phi) is 7.90. The van der Waals surface area contributed by atoms with Crippen molar-refractivity contribution in [3.05, 3.63) is 0 Å². The van der Waals surface area contributed by atoms with Crippen molar-refractivity contribution in [2.75, 3.05) is 13.1 Å². The van der Waals surface area contributed by atoms with Gasteiger partial charge in [0.15, 0.2) is 0 Å². The van der Waals surface area contributed by atoms with Crippen molar-refractivity contribution < 1.29 is 24.2 Å². The predicted octanol–water partition coefficient (Wildman–Crippen LogP) is 1.91. The first-order valence-corrected chi connectivity index (χ1v) is 7.53. The lowest BCUT2D eigenvalue weighted by Gasteiger charge is -2.25. The minimum atomic E-state index is -1.03. The van der Waals surface area contributed by atoms with Gasteiger partial charge in [-0.25, -0.2) is 4.79 Å². The van der Waals surface area contributed by atoms with Crippen LogP contribution in [-0.2, 0) is 14.3 Å². The highest BCUT2D eigenvalue weighted by atomic mass is 16.6. The van der Waals surface area contributed by atoms with Crippen LogP contribution in [-0.4, -0.2) is 41.8 Å². The van der Waals surface area contributed by atoms with E-state index in [1.54, 1.807) is 34.6 Å². The summed E-state index contributed by atoms with van der Waals surface area (Å²) in [6, 6.07) is 0. The molecule has 0 bridgehead atoms. The number of aliphatic carboxylic acids is 1. The molecule has 0 fully saturated rings. The topological polar surface area (TPSA) is 105 Å². The van der Waals surface area contributed by atoms with Crippen LogP contribution in [0.15, 0.2) is 0 Å². The Labute approximate surface area is 131 Å². The maximum absolute atomic E-state index is 11.8. The normalized spacial score (nSPS) is 11.7. The highest BCUT2D eigenvalue weighted by molar-refractivity contribution is 5.84. The van der Waals surface area contributed by atoms with Crippen molar-refractivity contribution in [1.82, 2.24) is 10.6 Å². The van der Waals surface area contributed by atoms with Gasteiger partial charge >= 0.3 is 12.1 Å². The van der Waals surface area contributed by atoms with E-state index < -0.39 is 23.1 Å². The molecule has 3 N–H and O–H groups in total. The first-order chi connectivity index (χ1) is 10.1. The average molecular weight is 316 g/mol. The van der Waals surface area contributed by atoms with Crippen LogP contribution in [0, 0.1) is 5.41 Å². The third kappa shape index (κ3) is 7.28. The largest absolute Gasteiger partial charge is 0.481 e. The fourth-order valence-electron chi connectivity index (χ4n) is 1.93. The molecule has 0 rings (SSSR count). The molecular weight excluding hydrogens is 288 g/mol. The molecule has 0 unspecified atom stereocenters. The number of rotatable bonds is 8. The van der Waals surface area contributed by atoms with Gasteiger partial charge in [0, 0.05) is 19.5 Å². The van der Waals surface area contributed by atoms with Crippen LogP contribution in [0.4, 0.5) is 4.79 Å². The molecule has 22 heavy (non-hydrogen) atoms. The minimum absolute atomic E-state index is 0.0677. The Morgan fingerprint density at radius 3 is 1.91 bits per heavy atom. The lowest BCUT2D eigenvalue weighted by Crippen LogP contribution is -2.40. The van der Waals surface area contributed by atoms with Crippen LogP contribution in [0.1, 0.15) is 53.9 Å². The van der Waals surface area contributed by atoms with E-state index in [1.807, 2.05) is 0 Å². The SMILES string of the molecule is CCC(CC)(CC(=O)NCCNC(=O)OC(C)(C)C)C(=O)O. The fraction of sp³-hybridized carbons (Fsp3) is 0.800. The van der Waals surface area contributed by atoms with Gasteiger partial charge in [0.05, 0.1) is 5.41 Å². The van der Waals surface area contributed by atoms with Crippen LogP contribution in [0.3, 0.4) is 0 Å². The quantitative estimate of drug-likeness (QED) is 0.593. The van der Waals surface area contributed by atoms with Crippen molar-refractivity contribution in [3.63, 3.8) is 0 Å². The zero-order chi connectivity index (χ0) is 17.4. The number of carbonyl (C=O) groups is 3. The third-order valence-corrected chi connectivity index (χ3v) is 3.42. The van der Waals surface area contributed by atoms with Crippen LogP contribution in [0.5, 0.6) is 0 Å². The van der Waals surface area contributed by atoms with Crippen LogP contribution in [0.2, 0.25) is 0 Å². The molecule has 0 aromatic rings. The molecular formula is C15H28N2O5. The summed E-state index contributed by atoms with van der Waals surface area (Å²) in [5.41, 5.74) is -1.60. The standard InChI is InChI=1S/C15H28N2O5/c1-6-15(7-2,12(19)20)10-11(18)16-8-9-17-13(21)22-14(3,4)5/h6-10H2,1-5H3,(H,16,18)(H,17,21)(H,19,20). The maximum atomic E-state index is 11.8. The second-order valence-corrected chi connectivity index (χ2v) is 6.25.